The maximum Gasteiger partial charge on any atom is 0.279 e. The highest BCUT2D eigenvalue weighted by molar-refractivity contribution is 7.14. The van der Waals surface area contributed by atoms with Crippen LogP contribution >= 0.6 is 11.3 Å². The number of fused-ring (bicyclic) bond motifs is 1. The first-order chi connectivity index (χ1) is 12.7. The number of para-hydroxylation sites is 1. The highest BCUT2D eigenvalue weighted by Gasteiger charge is 2.16. The zero-order valence-corrected chi connectivity index (χ0v) is 15.6. The molecule has 0 unspecified atom stereocenters. The maximum absolute atomic E-state index is 12.2. The van der Waals surface area contributed by atoms with E-state index in [9.17, 15) is 9.59 Å². The second-order valence-corrected chi connectivity index (χ2v) is 7.52. The molecule has 0 bridgehead atoms. The van der Waals surface area contributed by atoms with E-state index in [1.54, 1.807) is 11.3 Å². The van der Waals surface area contributed by atoms with E-state index in [-0.39, 0.29) is 11.8 Å². The van der Waals surface area contributed by atoms with E-state index in [0.29, 0.717) is 24.3 Å². The zero-order valence-electron chi connectivity index (χ0n) is 14.8. The number of rotatable bonds is 6. The first-order valence-corrected chi connectivity index (χ1v) is 9.92. The summed E-state index contributed by atoms with van der Waals surface area (Å²) in [7, 11) is 0. The Hall–Kier alpha value is -2.34. The summed E-state index contributed by atoms with van der Waals surface area (Å²) in [5, 5.41) is 0. The minimum absolute atomic E-state index is 0.215. The van der Waals surface area contributed by atoms with Crippen LogP contribution < -0.4 is 15.6 Å². The van der Waals surface area contributed by atoms with Crippen molar-refractivity contribution in [2.24, 2.45) is 0 Å². The number of aryl methyl sites for hydroxylation is 2. The molecule has 5 nitrogen and oxygen atoms in total. The summed E-state index contributed by atoms with van der Waals surface area (Å²) in [6, 6.07) is 11.5. The monoisotopic (exact) mass is 372 g/mol. The van der Waals surface area contributed by atoms with Crippen molar-refractivity contribution in [1.29, 1.82) is 0 Å². The van der Waals surface area contributed by atoms with Crippen molar-refractivity contribution in [3.8, 4) is 5.75 Å². The lowest BCUT2D eigenvalue weighted by molar-refractivity contribution is -0.122. The van der Waals surface area contributed by atoms with Crippen LogP contribution in [0.15, 0.2) is 36.4 Å². The Labute approximate surface area is 157 Å². The quantitative estimate of drug-likeness (QED) is 0.462. The number of carbonyl (C=O) groups is 2. The normalized spacial score (nSPS) is 13.4. The SMILES string of the molecule is O=C(CCCOc1ccccc1)NNC(=O)c1cc2c(s1)CCCCC2. The van der Waals surface area contributed by atoms with Crippen LogP contribution in [0.2, 0.25) is 0 Å². The van der Waals surface area contributed by atoms with Crippen LogP contribution in [0.4, 0.5) is 0 Å². The Balaban J connectivity index is 1.37. The second kappa shape index (κ2) is 9.38. The van der Waals surface area contributed by atoms with Crippen LogP contribution in [0.1, 0.15) is 52.2 Å². The standard InChI is InChI=1S/C20H24N2O3S/c23-19(12-7-13-25-16-9-4-2-5-10-16)21-22-20(24)18-14-15-8-3-1-6-11-17(15)26-18/h2,4-5,9-10,14H,1,3,6-8,11-13H2,(H,21,23)(H,22,24). The molecule has 0 aliphatic heterocycles. The molecule has 2 N–H and O–H groups in total. The summed E-state index contributed by atoms with van der Waals surface area (Å²) in [5.41, 5.74) is 6.29. The largest absolute Gasteiger partial charge is 0.494 e. The van der Waals surface area contributed by atoms with Crippen molar-refractivity contribution >= 4 is 23.2 Å². The van der Waals surface area contributed by atoms with Gasteiger partial charge in [0.15, 0.2) is 0 Å². The first-order valence-electron chi connectivity index (χ1n) is 9.11. The van der Waals surface area contributed by atoms with Crippen LogP contribution in [-0.2, 0) is 17.6 Å². The van der Waals surface area contributed by atoms with E-state index in [1.807, 2.05) is 36.4 Å². The van der Waals surface area contributed by atoms with Crippen molar-refractivity contribution in [3.05, 3.63) is 51.7 Å². The van der Waals surface area contributed by atoms with Crippen LogP contribution in [0.3, 0.4) is 0 Å². The molecule has 1 aromatic carbocycles. The second-order valence-electron chi connectivity index (χ2n) is 6.39. The third-order valence-corrected chi connectivity index (χ3v) is 5.58. The summed E-state index contributed by atoms with van der Waals surface area (Å²) in [6.07, 6.45) is 6.63. The van der Waals surface area contributed by atoms with E-state index < -0.39 is 0 Å². The van der Waals surface area contributed by atoms with E-state index >= 15 is 0 Å². The Morgan fingerprint density at radius 3 is 2.69 bits per heavy atom. The van der Waals surface area contributed by atoms with Crippen LogP contribution in [-0.4, -0.2) is 18.4 Å². The van der Waals surface area contributed by atoms with E-state index in [2.05, 4.69) is 10.9 Å². The fourth-order valence-electron chi connectivity index (χ4n) is 2.97. The van der Waals surface area contributed by atoms with Crippen LogP contribution in [0.5, 0.6) is 5.75 Å². The molecule has 0 saturated heterocycles. The van der Waals surface area contributed by atoms with Gasteiger partial charge in [-0.3, -0.25) is 20.4 Å². The zero-order chi connectivity index (χ0) is 18.2. The lowest BCUT2D eigenvalue weighted by atomic mass is 10.1. The van der Waals surface area contributed by atoms with Gasteiger partial charge in [0.25, 0.3) is 5.91 Å². The summed E-state index contributed by atoms with van der Waals surface area (Å²) < 4.78 is 5.54. The molecule has 0 atom stereocenters. The minimum atomic E-state index is -0.239. The fourth-order valence-corrected chi connectivity index (χ4v) is 4.12. The molecule has 1 heterocycles. The highest BCUT2D eigenvalue weighted by atomic mass is 32.1. The molecule has 6 heteroatoms. The molecule has 0 spiro atoms. The number of hydrogen-bond acceptors (Lipinski definition) is 4. The lowest BCUT2D eigenvalue weighted by Gasteiger charge is -2.07. The molecule has 26 heavy (non-hydrogen) atoms. The summed E-state index contributed by atoms with van der Waals surface area (Å²) >= 11 is 1.54. The van der Waals surface area contributed by atoms with Crippen LogP contribution in [0, 0.1) is 0 Å². The van der Waals surface area contributed by atoms with Gasteiger partial charge in [-0.25, -0.2) is 0 Å². The minimum Gasteiger partial charge on any atom is -0.494 e. The van der Waals surface area contributed by atoms with Crippen molar-refractivity contribution in [2.75, 3.05) is 6.61 Å². The Bertz CT molecular complexity index is 719. The number of ether oxygens (including phenoxy) is 1. The molecule has 0 fully saturated rings. The third kappa shape index (κ3) is 5.33. The topological polar surface area (TPSA) is 67.4 Å². The predicted octanol–water partition coefficient (Wildman–Crippen LogP) is 3.64. The predicted molar refractivity (Wildman–Crippen MR) is 102 cm³/mol. The first kappa shape index (κ1) is 18.5. The maximum atomic E-state index is 12.2. The summed E-state index contributed by atoms with van der Waals surface area (Å²) in [6.45, 7) is 0.461. The average molecular weight is 372 g/mol. The van der Waals surface area contributed by atoms with Gasteiger partial charge in [-0.1, -0.05) is 24.6 Å². The molecular formula is C20H24N2O3S. The molecule has 1 aromatic heterocycles. The number of hydrazine groups is 1. The van der Waals surface area contributed by atoms with Gasteiger partial charge in [-0.15, -0.1) is 11.3 Å². The molecule has 0 saturated carbocycles. The van der Waals surface area contributed by atoms with Gasteiger partial charge in [0, 0.05) is 11.3 Å². The summed E-state index contributed by atoms with van der Waals surface area (Å²) in [4.78, 5) is 26.1. The number of carbonyl (C=O) groups excluding carboxylic acids is 2. The Morgan fingerprint density at radius 2 is 1.85 bits per heavy atom. The number of nitrogens with one attached hydrogen (secondary N) is 2. The third-order valence-electron chi connectivity index (χ3n) is 4.35. The number of amides is 2. The molecular weight excluding hydrogens is 348 g/mol. The van der Waals surface area contributed by atoms with Gasteiger partial charge in [0.1, 0.15) is 5.75 Å². The van der Waals surface area contributed by atoms with Crippen molar-refractivity contribution in [2.45, 2.75) is 44.9 Å². The Morgan fingerprint density at radius 1 is 1.04 bits per heavy atom. The average Bonchev–Trinajstić information content (AvgIpc) is 2.95. The fraction of sp³-hybridized carbons (Fsp3) is 0.400. The van der Waals surface area contributed by atoms with Gasteiger partial charge in [-0.2, -0.15) is 0 Å². The molecule has 0 radical (unpaired) electrons. The van der Waals surface area contributed by atoms with Crippen molar-refractivity contribution in [3.63, 3.8) is 0 Å². The van der Waals surface area contributed by atoms with Gasteiger partial charge in [0.05, 0.1) is 11.5 Å². The molecule has 2 aromatic rings. The van der Waals surface area contributed by atoms with E-state index in [4.69, 9.17) is 4.74 Å². The van der Waals surface area contributed by atoms with Crippen LogP contribution in [0.25, 0.3) is 0 Å². The van der Waals surface area contributed by atoms with Crippen molar-refractivity contribution < 1.29 is 14.3 Å². The smallest absolute Gasteiger partial charge is 0.279 e. The molecule has 138 valence electrons. The van der Waals surface area contributed by atoms with E-state index in [0.717, 1.165) is 18.6 Å². The van der Waals surface area contributed by atoms with E-state index in [1.165, 1.54) is 29.7 Å². The van der Waals surface area contributed by atoms with Gasteiger partial charge >= 0.3 is 0 Å². The molecule has 3 rings (SSSR count). The molecule has 1 aliphatic carbocycles. The lowest BCUT2D eigenvalue weighted by Crippen LogP contribution is -2.41. The van der Waals surface area contributed by atoms with Crippen molar-refractivity contribution in [1.82, 2.24) is 10.9 Å². The number of benzene rings is 1. The van der Waals surface area contributed by atoms with Gasteiger partial charge in [-0.05, 0) is 55.9 Å². The summed E-state index contributed by atoms with van der Waals surface area (Å²) in [5.74, 6) is 0.337. The Kier molecular flexibility index (Phi) is 6.66. The molecule has 1 aliphatic rings. The highest BCUT2D eigenvalue weighted by Crippen LogP contribution is 2.28. The number of hydrogen-bond donors (Lipinski definition) is 2. The number of thiophene rings is 1. The molecule has 2 amide bonds. The van der Waals surface area contributed by atoms with Gasteiger partial charge in [0.2, 0.25) is 5.91 Å². The van der Waals surface area contributed by atoms with Gasteiger partial charge < -0.3 is 4.74 Å².